The van der Waals surface area contributed by atoms with Gasteiger partial charge in [-0.15, -0.1) is 0 Å². The van der Waals surface area contributed by atoms with Crippen molar-refractivity contribution >= 4 is 44.8 Å². The van der Waals surface area contributed by atoms with E-state index < -0.39 is 10.0 Å². The van der Waals surface area contributed by atoms with Gasteiger partial charge < -0.3 is 5.32 Å². The number of carbonyl (C=O) groups is 1. The lowest BCUT2D eigenvalue weighted by molar-refractivity contribution is -0.120. The van der Waals surface area contributed by atoms with Crippen LogP contribution < -0.4 is 9.62 Å². The minimum Gasteiger partial charge on any atom is -0.352 e. The molecule has 3 rings (SSSR count). The predicted octanol–water partition coefficient (Wildman–Crippen LogP) is 3.06. The second kappa shape index (κ2) is 6.73. The number of rotatable bonds is 5. The Bertz CT molecular complexity index is 733. The minimum atomic E-state index is -3.64. The van der Waals surface area contributed by atoms with Crippen molar-refractivity contribution in [2.75, 3.05) is 17.1 Å². The highest BCUT2D eigenvalue weighted by atomic mass is 35.5. The van der Waals surface area contributed by atoms with Crippen molar-refractivity contribution in [2.24, 2.45) is 11.8 Å². The summed E-state index contributed by atoms with van der Waals surface area (Å²) in [5.74, 6) is 0.943. The molecule has 24 heavy (non-hydrogen) atoms. The largest absolute Gasteiger partial charge is 0.352 e. The Kier molecular flexibility index (Phi) is 5.00. The average molecular weight is 391 g/mol. The number of hydrogen-bond acceptors (Lipinski definition) is 3. The summed E-state index contributed by atoms with van der Waals surface area (Å²) in [4.78, 5) is 12.4. The van der Waals surface area contributed by atoms with Gasteiger partial charge in [0.2, 0.25) is 15.9 Å². The normalized spacial score (nSPS) is 25.7. The van der Waals surface area contributed by atoms with Gasteiger partial charge in [0, 0.05) is 16.1 Å². The fraction of sp³-hybridized carbons (Fsp3) is 0.562. The molecule has 0 saturated heterocycles. The van der Waals surface area contributed by atoms with E-state index in [1.54, 1.807) is 0 Å². The first kappa shape index (κ1) is 17.8. The second-order valence-corrected chi connectivity index (χ2v) is 9.53. The van der Waals surface area contributed by atoms with Crippen molar-refractivity contribution in [3.63, 3.8) is 0 Å². The zero-order valence-corrected chi connectivity index (χ0v) is 15.7. The number of sulfonamides is 1. The Morgan fingerprint density at radius 3 is 2.38 bits per heavy atom. The molecule has 1 aromatic carbocycles. The van der Waals surface area contributed by atoms with Gasteiger partial charge in [0.25, 0.3) is 0 Å². The van der Waals surface area contributed by atoms with E-state index in [1.165, 1.54) is 31.0 Å². The van der Waals surface area contributed by atoms with Gasteiger partial charge in [-0.2, -0.15) is 0 Å². The summed E-state index contributed by atoms with van der Waals surface area (Å²) in [7, 11) is -3.64. The lowest BCUT2D eigenvalue weighted by Crippen LogP contribution is -2.45. The molecule has 1 aromatic rings. The molecular formula is C16H20Cl2N2O3S. The van der Waals surface area contributed by atoms with Gasteiger partial charge in [0.15, 0.2) is 0 Å². The molecule has 2 saturated carbocycles. The van der Waals surface area contributed by atoms with E-state index >= 15 is 0 Å². The van der Waals surface area contributed by atoms with Gasteiger partial charge in [-0.1, -0.05) is 29.6 Å². The highest BCUT2D eigenvalue weighted by Gasteiger charge is 2.40. The van der Waals surface area contributed by atoms with E-state index in [1.807, 2.05) is 0 Å². The summed E-state index contributed by atoms with van der Waals surface area (Å²) in [5, 5.41) is 3.64. The van der Waals surface area contributed by atoms with Crippen molar-refractivity contribution in [3.8, 4) is 0 Å². The molecule has 2 aliphatic carbocycles. The fourth-order valence-electron chi connectivity index (χ4n) is 3.89. The number of amides is 1. The molecule has 1 N–H and O–H groups in total. The number of anilines is 1. The van der Waals surface area contributed by atoms with Crippen molar-refractivity contribution in [1.29, 1.82) is 0 Å². The van der Waals surface area contributed by atoms with Crippen LogP contribution in [-0.4, -0.2) is 33.2 Å². The molecule has 2 fully saturated rings. The molecule has 0 spiro atoms. The quantitative estimate of drug-likeness (QED) is 0.839. The highest BCUT2D eigenvalue weighted by Crippen LogP contribution is 2.44. The van der Waals surface area contributed by atoms with Crippen LogP contribution >= 0.6 is 23.2 Å². The molecule has 0 aromatic heterocycles. The standard InChI is InChI=1S/C16H20Cl2N2O3S/c1-24(22,23)20(14-7-12(17)6-13(18)8-14)9-16(21)19-15-5-10-2-3-11(15)4-10/h6-8,10-11,15H,2-5,9H2,1H3,(H,19,21)/t10-,11-,15-/m1/s1. The van der Waals surface area contributed by atoms with E-state index in [0.29, 0.717) is 21.9 Å². The van der Waals surface area contributed by atoms with E-state index in [2.05, 4.69) is 5.32 Å². The van der Waals surface area contributed by atoms with Gasteiger partial charge in [0.05, 0.1) is 11.9 Å². The lowest BCUT2D eigenvalue weighted by Gasteiger charge is -2.26. The van der Waals surface area contributed by atoms with E-state index in [0.717, 1.165) is 23.4 Å². The Labute approximate surface area is 152 Å². The second-order valence-electron chi connectivity index (χ2n) is 6.75. The van der Waals surface area contributed by atoms with E-state index in [-0.39, 0.29) is 24.2 Å². The first-order valence-electron chi connectivity index (χ1n) is 7.95. The summed E-state index contributed by atoms with van der Waals surface area (Å²) in [6, 6.07) is 4.65. The van der Waals surface area contributed by atoms with Gasteiger partial charge >= 0.3 is 0 Å². The van der Waals surface area contributed by atoms with Crippen molar-refractivity contribution < 1.29 is 13.2 Å². The molecule has 2 aliphatic rings. The summed E-state index contributed by atoms with van der Waals surface area (Å²) in [6.07, 6.45) is 5.62. The Hall–Kier alpha value is -0.980. The third kappa shape index (κ3) is 3.98. The zero-order chi connectivity index (χ0) is 17.5. The lowest BCUT2D eigenvalue weighted by atomic mass is 9.95. The fourth-order valence-corrected chi connectivity index (χ4v) is 5.24. The maximum Gasteiger partial charge on any atom is 0.241 e. The van der Waals surface area contributed by atoms with Crippen LogP contribution in [0, 0.1) is 11.8 Å². The Morgan fingerprint density at radius 1 is 1.21 bits per heavy atom. The van der Waals surface area contributed by atoms with Crippen LogP contribution in [0.15, 0.2) is 18.2 Å². The third-order valence-electron chi connectivity index (χ3n) is 4.91. The molecule has 8 heteroatoms. The summed E-state index contributed by atoms with van der Waals surface area (Å²) < 4.78 is 25.3. The van der Waals surface area contributed by atoms with Crippen molar-refractivity contribution in [1.82, 2.24) is 5.32 Å². The first-order chi connectivity index (χ1) is 11.2. The van der Waals surface area contributed by atoms with Crippen LogP contribution in [0.4, 0.5) is 5.69 Å². The Morgan fingerprint density at radius 2 is 1.88 bits per heavy atom. The number of benzene rings is 1. The highest BCUT2D eigenvalue weighted by molar-refractivity contribution is 7.92. The van der Waals surface area contributed by atoms with E-state index in [9.17, 15) is 13.2 Å². The molecule has 0 heterocycles. The summed E-state index contributed by atoms with van der Waals surface area (Å²) in [5.41, 5.74) is 0.290. The average Bonchev–Trinajstić information content (AvgIpc) is 3.04. The monoisotopic (exact) mass is 390 g/mol. The first-order valence-corrected chi connectivity index (χ1v) is 10.6. The van der Waals surface area contributed by atoms with Crippen LogP contribution in [0.1, 0.15) is 25.7 Å². The molecule has 132 valence electrons. The third-order valence-corrected chi connectivity index (χ3v) is 6.48. The maximum atomic E-state index is 12.4. The van der Waals surface area contributed by atoms with Gasteiger partial charge in [0.1, 0.15) is 6.54 Å². The number of carbonyl (C=O) groups excluding carboxylic acids is 1. The topological polar surface area (TPSA) is 66.5 Å². The molecule has 0 radical (unpaired) electrons. The van der Waals surface area contributed by atoms with Gasteiger partial charge in [-0.05, 0) is 49.3 Å². The molecular weight excluding hydrogens is 371 g/mol. The smallest absolute Gasteiger partial charge is 0.241 e. The molecule has 2 bridgehead atoms. The predicted molar refractivity (Wildman–Crippen MR) is 96.0 cm³/mol. The van der Waals surface area contributed by atoms with Crippen LogP contribution in [-0.2, 0) is 14.8 Å². The van der Waals surface area contributed by atoms with Crippen LogP contribution in [0.3, 0.4) is 0 Å². The number of fused-ring (bicyclic) bond motifs is 2. The number of nitrogens with zero attached hydrogens (tertiary/aromatic N) is 1. The Balaban J connectivity index is 1.74. The minimum absolute atomic E-state index is 0.167. The van der Waals surface area contributed by atoms with E-state index in [4.69, 9.17) is 23.2 Å². The molecule has 3 atom stereocenters. The SMILES string of the molecule is CS(=O)(=O)N(CC(=O)N[C@@H]1C[C@@H]2CC[C@@H]1C2)c1cc(Cl)cc(Cl)c1. The molecule has 1 amide bonds. The molecule has 5 nitrogen and oxygen atoms in total. The number of halogens is 2. The van der Waals surface area contributed by atoms with Crippen LogP contribution in [0.2, 0.25) is 10.0 Å². The molecule has 0 unspecified atom stereocenters. The summed E-state index contributed by atoms with van der Waals surface area (Å²) in [6.45, 7) is -0.274. The van der Waals surface area contributed by atoms with Crippen LogP contribution in [0.25, 0.3) is 0 Å². The zero-order valence-electron chi connectivity index (χ0n) is 13.3. The van der Waals surface area contributed by atoms with Crippen molar-refractivity contribution in [2.45, 2.75) is 31.7 Å². The van der Waals surface area contributed by atoms with Crippen molar-refractivity contribution in [3.05, 3.63) is 28.2 Å². The van der Waals surface area contributed by atoms with Gasteiger partial charge in [-0.3, -0.25) is 9.10 Å². The number of nitrogens with one attached hydrogen (secondary N) is 1. The maximum absolute atomic E-state index is 12.4. The van der Waals surface area contributed by atoms with Crippen LogP contribution in [0.5, 0.6) is 0 Å². The summed E-state index contributed by atoms with van der Waals surface area (Å²) >= 11 is 11.9. The van der Waals surface area contributed by atoms with Gasteiger partial charge in [-0.25, -0.2) is 8.42 Å². The molecule has 0 aliphatic heterocycles. The number of hydrogen-bond donors (Lipinski definition) is 1.